The number of nitrogens with zero attached hydrogens (tertiary/aromatic N) is 4. The minimum Gasteiger partial charge on any atom is -0.462 e. The molecule has 1 amide bonds. The average molecular weight is 492 g/mol. The van der Waals surface area contributed by atoms with Crippen LogP contribution in [-0.4, -0.2) is 50.8 Å². The van der Waals surface area contributed by atoms with E-state index in [2.05, 4.69) is 20.8 Å². The highest BCUT2D eigenvalue weighted by Crippen LogP contribution is 2.36. The summed E-state index contributed by atoms with van der Waals surface area (Å²) in [4.78, 5) is 38.6. The summed E-state index contributed by atoms with van der Waals surface area (Å²) in [5, 5.41) is 13.9. The normalized spacial score (nSPS) is 11.5. The van der Waals surface area contributed by atoms with Crippen LogP contribution < -0.4 is 5.32 Å². The summed E-state index contributed by atoms with van der Waals surface area (Å²) >= 11 is 1.24. The number of amides is 1. The van der Waals surface area contributed by atoms with E-state index < -0.39 is 23.9 Å². The Hall–Kier alpha value is -4.38. The van der Waals surface area contributed by atoms with Gasteiger partial charge in [-0.3, -0.25) is 4.79 Å². The Morgan fingerprint density at radius 3 is 2.46 bits per heavy atom. The fourth-order valence-electron chi connectivity index (χ4n) is 3.11. The van der Waals surface area contributed by atoms with Crippen molar-refractivity contribution in [3.63, 3.8) is 0 Å². The zero-order chi connectivity index (χ0) is 24.8. The van der Waals surface area contributed by atoms with E-state index in [1.807, 2.05) is 30.3 Å². The number of rotatable bonds is 8. The molecule has 10 nitrogen and oxygen atoms in total. The first-order chi connectivity index (χ1) is 17.0. The number of hydrogen-bond acceptors (Lipinski definition) is 9. The molecule has 2 aromatic carbocycles. The predicted molar refractivity (Wildman–Crippen MR) is 128 cm³/mol. The Balaban J connectivity index is 1.46. The second-order valence-corrected chi connectivity index (χ2v) is 8.33. The minimum atomic E-state index is -1.11. The van der Waals surface area contributed by atoms with E-state index in [0.29, 0.717) is 10.7 Å². The quantitative estimate of drug-likeness (QED) is 0.370. The Kier molecular flexibility index (Phi) is 7.27. The number of ether oxygens (including phenoxy) is 2. The lowest BCUT2D eigenvalue weighted by Crippen LogP contribution is -2.30. The predicted octanol–water partition coefficient (Wildman–Crippen LogP) is 3.75. The zero-order valence-electron chi connectivity index (χ0n) is 18.9. The van der Waals surface area contributed by atoms with Crippen LogP contribution in [0.15, 0.2) is 67.0 Å². The van der Waals surface area contributed by atoms with Gasteiger partial charge in [0, 0.05) is 4.88 Å². The van der Waals surface area contributed by atoms with Crippen LogP contribution in [-0.2, 0) is 14.3 Å². The van der Waals surface area contributed by atoms with Crippen molar-refractivity contribution in [2.45, 2.75) is 20.0 Å². The van der Waals surface area contributed by atoms with Gasteiger partial charge in [-0.05, 0) is 60.2 Å². The highest BCUT2D eigenvalue weighted by molar-refractivity contribution is 7.20. The van der Waals surface area contributed by atoms with Gasteiger partial charge in [0.15, 0.2) is 6.10 Å². The van der Waals surface area contributed by atoms with Gasteiger partial charge in [0.25, 0.3) is 5.91 Å². The Morgan fingerprint density at radius 2 is 1.80 bits per heavy atom. The lowest BCUT2D eigenvalue weighted by atomic mass is 10.1. The van der Waals surface area contributed by atoms with Crippen LogP contribution in [0.2, 0.25) is 0 Å². The molecule has 0 bridgehead atoms. The number of anilines is 1. The monoisotopic (exact) mass is 491 g/mol. The molecule has 0 aliphatic rings. The Morgan fingerprint density at radius 1 is 1.06 bits per heavy atom. The van der Waals surface area contributed by atoms with Crippen LogP contribution >= 0.6 is 11.3 Å². The number of carbonyl (C=O) groups excluding carboxylic acids is 3. The summed E-state index contributed by atoms with van der Waals surface area (Å²) in [5.41, 5.74) is 2.06. The van der Waals surface area contributed by atoms with Crippen molar-refractivity contribution in [1.29, 1.82) is 0 Å². The summed E-state index contributed by atoms with van der Waals surface area (Å²) in [6.45, 7) is 3.36. The first kappa shape index (κ1) is 23.8. The molecule has 1 N–H and O–H groups in total. The molecule has 2 heterocycles. The molecule has 1 atom stereocenters. The molecule has 0 fully saturated rings. The van der Waals surface area contributed by atoms with Crippen LogP contribution in [0.3, 0.4) is 0 Å². The van der Waals surface area contributed by atoms with Crippen molar-refractivity contribution in [2.24, 2.45) is 0 Å². The smallest absolute Gasteiger partial charge is 0.341 e. The molecule has 0 spiro atoms. The van der Waals surface area contributed by atoms with Gasteiger partial charge >= 0.3 is 11.9 Å². The van der Waals surface area contributed by atoms with Crippen molar-refractivity contribution in [1.82, 2.24) is 20.2 Å². The fourth-order valence-corrected chi connectivity index (χ4v) is 4.17. The maximum atomic E-state index is 12.8. The molecule has 4 aromatic rings. The molecular formula is C24H21N5O5S. The van der Waals surface area contributed by atoms with Gasteiger partial charge in [0.2, 0.25) is 0 Å². The summed E-state index contributed by atoms with van der Waals surface area (Å²) in [5.74, 6) is -1.79. The summed E-state index contributed by atoms with van der Waals surface area (Å²) in [6, 6.07) is 17.5. The topological polar surface area (TPSA) is 125 Å². The zero-order valence-corrected chi connectivity index (χ0v) is 19.7. The third-order valence-electron chi connectivity index (χ3n) is 4.89. The average Bonchev–Trinajstić information content (AvgIpc) is 3.55. The van der Waals surface area contributed by atoms with Gasteiger partial charge in [-0.2, -0.15) is 0 Å². The largest absolute Gasteiger partial charge is 0.462 e. The van der Waals surface area contributed by atoms with Gasteiger partial charge in [-0.1, -0.05) is 30.3 Å². The standard InChI is InChI=1S/C24H21N5O5S/c1-3-33-24(32)19-13-20(16-7-5-4-6-8-16)35-22(19)26-21(30)15(2)34-23(31)17-9-11-18(12-10-17)29-14-25-27-28-29/h4-15H,3H2,1-2H3,(H,26,30)/t15-/m0/s1. The van der Waals surface area contributed by atoms with E-state index in [0.717, 1.165) is 10.4 Å². The van der Waals surface area contributed by atoms with E-state index in [1.54, 1.807) is 37.3 Å². The first-order valence-corrected chi connectivity index (χ1v) is 11.5. The molecule has 0 saturated heterocycles. The van der Waals surface area contributed by atoms with E-state index in [4.69, 9.17) is 9.47 Å². The SMILES string of the molecule is CCOC(=O)c1cc(-c2ccccc2)sc1NC(=O)[C@H](C)OC(=O)c1ccc(-n2cnnn2)cc1. The van der Waals surface area contributed by atoms with Crippen LogP contribution in [0.4, 0.5) is 5.00 Å². The molecule has 0 unspecified atom stereocenters. The second-order valence-electron chi connectivity index (χ2n) is 7.28. The number of thiophene rings is 1. The maximum absolute atomic E-state index is 12.8. The molecule has 0 aliphatic heterocycles. The van der Waals surface area contributed by atoms with E-state index >= 15 is 0 Å². The van der Waals surface area contributed by atoms with Crippen LogP contribution in [0.1, 0.15) is 34.6 Å². The van der Waals surface area contributed by atoms with Crippen LogP contribution in [0, 0.1) is 0 Å². The Labute approximate surface area is 204 Å². The molecule has 0 radical (unpaired) electrons. The van der Waals surface area contributed by atoms with Gasteiger partial charge < -0.3 is 14.8 Å². The number of carbonyl (C=O) groups is 3. The van der Waals surface area contributed by atoms with Crippen molar-refractivity contribution in [2.75, 3.05) is 11.9 Å². The van der Waals surface area contributed by atoms with Crippen LogP contribution in [0.25, 0.3) is 16.1 Å². The maximum Gasteiger partial charge on any atom is 0.341 e. The first-order valence-electron chi connectivity index (χ1n) is 10.7. The minimum absolute atomic E-state index is 0.197. The van der Waals surface area contributed by atoms with Crippen molar-refractivity contribution < 1.29 is 23.9 Å². The van der Waals surface area contributed by atoms with E-state index in [1.165, 1.54) is 29.3 Å². The highest BCUT2D eigenvalue weighted by Gasteiger charge is 2.24. The third kappa shape index (κ3) is 5.58. The summed E-state index contributed by atoms with van der Waals surface area (Å²) < 4.78 is 11.9. The second kappa shape index (κ2) is 10.7. The van der Waals surface area contributed by atoms with Crippen molar-refractivity contribution >= 4 is 34.2 Å². The van der Waals surface area contributed by atoms with Gasteiger partial charge in [-0.15, -0.1) is 16.4 Å². The molecule has 0 saturated carbocycles. The highest BCUT2D eigenvalue weighted by atomic mass is 32.1. The number of tetrazole rings is 1. The number of esters is 2. The molecule has 178 valence electrons. The number of nitrogens with one attached hydrogen (secondary N) is 1. The van der Waals surface area contributed by atoms with E-state index in [9.17, 15) is 14.4 Å². The summed E-state index contributed by atoms with van der Waals surface area (Å²) in [6.07, 6.45) is 0.317. The molecule has 4 rings (SSSR count). The molecule has 2 aromatic heterocycles. The molecule has 0 aliphatic carbocycles. The Bertz CT molecular complexity index is 1320. The number of hydrogen-bond donors (Lipinski definition) is 1. The van der Waals surface area contributed by atoms with E-state index in [-0.39, 0.29) is 17.7 Å². The molecule has 11 heteroatoms. The van der Waals surface area contributed by atoms with Gasteiger partial charge in [0.05, 0.1) is 23.4 Å². The van der Waals surface area contributed by atoms with Crippen molar-refractivity contribution in [3.8, 4) is 16.1 Å². The lowest BCUT2D eigenvalue weighted by Gasteiger charge is -2.13. The molecule has 35 heavy (non-hydrogen) atoms. The third-order valence-corrected chi connectivity index (χ3v) is 5.99. The van der Waals surface area contributed by atoms with Gasteiger partial charge in [-0.25, -0.2) is 14.3 Å². The van der Waals surface area contributed by atoms with Crippen molar-refractivity contribution in [3.05, 3.63) is 78.1 Å². The lowest BCUT2D eigenvalue weighted by molar-refractivity contribution is -0.123. The number of benzene rings is 2. The molecular weight excluding hydrogens is 470 g/mol. The summed E-state index contributed by atoms with van der Waals surface area (Å²) in [7, 11) is 0. The van der Waals surface area contributed by atoms with Crippen LogP contribution in [0.5, 0.6) is 0 Å². The fraction of sp³-hybridized carbons (Fsp3) is 0.167. The van der Waals surface area contributed by atoms with Gasteiger partial charge in [0.1, 0.15) is 11.3 Å². The number of aromatic nitrogens is 4.